The van der Waals surface area contributed by atoms with Crippen LogP contribution in [0.4, 0.5) is 4.39 Å². The summed E-state index contributed by atoms with van der Waals surface area (Å²) >= 11 is 0. The van der Waals surface area contributed by atoms with Gasteiger partial charge in [-0.1, -0.05) is 26.0 Å². The van der Waals surface area contributed by atoms with E-state index in [1.165, 1.54) is 7.11 Å². The smallest absolute Gasteiger partial charge is 0.168 e. The average molecular weight is 282 g/mol. The minimum atomic E-state index is -0.305. The molecule has 0 aliphatic rings. The van der Waals surface area contributed by atoms with E-state index >= 15 is 0 Å². The summed E-state index contributed by atoms with van der Waals surface area (Å²) in [7, 11) is 1.47. The van der Waals surface area contributed by atoms with Crippen molar-refractivity contribution in [3.63, 3.8) is 0 Å². The number of nitrogens with two attached hydrogens (primary N) is 1. The number of benzene rings is 1. The maximum Gasteiger partial charge on any atom is 0.168 e. The zero-order chi connectivity index (χ0) is 15.3. The Kier molecular flexibility index (Phi) is 5.96. The van der Waals surface area contributed by atoms with Crippen molar-refractivity contribution in [2.45, 2.75) is 45.7 Å². The Balaban J connectivity index is 2.92. The normalized spacial score (nSPS) is 13.6. The fraction of sp³-hybridized carbons (Fsp3) is 0.625. The second-order valence-corrected chi connectivity index (χ2v) is 5.57. The van der Waals surface area contributed by atoms with Crippen LogP contribution in [0.25, 0.3) is 0 Å². The molecule has 1 unspecified atom stereocenters. The Morgan fingerprint density at radius 1 is 1.30 bits per heavy atom. The molecule has 0 amide bonds. The lowest BCUT2D eigenvalue weighted by atomic mass is 9.88. The van der Waals surface area contributed by atoms with Crippen LogP contribution in [-0.2, 0) is 6.42 Å². The largest absolute Gasteiger partial charge is 0.494 e. The van der Waals surface area contributed by atoms with E-state index in [9.17, 15) is 4.39 Å². The molecule has 0 radical (unpaired) electrons. The molecule has 1 atom stereocenters. The molecule has 0 bridgehead atoms. The number of nitrogens with zero attached hydrogens (tertiary/aromatic N) is 1. The molecule has 0 aliphatic heterocycles. The molecule has 0 fully saturated rings. The fourth-order valence-corrected chi connectivity index (χ4v) is 2.63. The van der Waals surface area contributed by atoms with Gasteiger partial charge in [-0.25, -0.2) is 4.39 Å². The van der Waals surface area contributed by atoms with Crippen LogP contribution in [0, 0.1) is 5.82 Å². The molecule has 1 rings (SSSR count). The first-order chi connectivity index (χ1) is 9.38. The minimum absolute atomic E-state index is 0.149. The summed E-state index contributed by atoms with van der Waals surface area (Å²) < 4.78 is 19.2. The van der Waals surface area contributed by atoms with Crippen molar-refractivity contribution >= 4 is 0 Å². The van der Waals surface area contributed by atoms with E-state index in [1.807, 2.05) is 0 Å². The summed E-state index contributed by atoms with van der Waals surface area (Å²) in [5.41, 5.74) is 6.77. The van der Waals surface area contributed by atoms with Crippen LogP contribution >= 0.6 is 0 Å². The van der Waals surface area contributed by atoms with E-state index in [1.54, 1.807) is 18.2 Å². The number of hydrogen-bond acceptors (Lipinski definition) is 3. The minimum Gasteiger partial charge on any atom is -0.494 e. The first-order valence-corrected chi connectivity index (χ1v) is 7.20. The fourth-order valence-electron chi connectivity index (χ4n) is 2.63. The highest BCUT2D eigenvalue weighted by atomic mass is 19.1. The van der Waals surface area contributed by atoms with E-state index < -0.39 is 0 Å². The van der Waals surface area contributed by atoms with Gasteiger partial charge in [0.1, 0.15) is 0 Å². The van der Waals surface area contributed by atoms with Gasteiger partial charge in [0.05, 0.1) is 7.11 Å². The summed E-state index contributed by atoms with van der Waals surface area (Å²) in [6.45, 7) is 10.3. The average Bonchev–Trinajstić information content (AvgIpc) is 2.42. The van der Waals surface area contributed by atoms with Crippen LogP contribution in [0.5, 0.6) is 5.75 Å². The Morgan fingerprint density at radius 3 is 2.40 bits per heavy atom. The molecular weight excluding hydrogens is 255 g/mol. The number of halogens is 1. The van der Waals surface area contributed by atoms with Crippen molar-refractivity contribution in [2.24, 2.45) is 5.73 Å². The summed E-state index contributed by atoms with van der Waals surface area (Å²) in [5.74, 6) is -0.0313. The molecule has 4 heteroatoms. The SMILES string of the molecule is CCN(CC)C(C)(C)C(N)Cc1cccc(OC)c1F. The van der Waals surface area contributed by atoms with Gasteiger partial charge in [-0.3, -0.25) is 4.90 Å². The van der Waals surface area contributed by atoms with Gasteiger partial charge in [0.25, 0.3) is 0 Å². The van der Waals surface area contributed by atoms with Crippen molar-refractivity contribution in [1.29, 1.82) is 0 Å². The van der Waals surface area contributed by atoms with Gasteiger partial charge >= 0.3 is 0 Å². The quantitative estimate of drug-likeness (QED) is 0.836. The molecule has 114 valence electrons. The van der Waals surface area contributed by atoms with E-state index in [4.69, 9.17) is 10.5 Å². The molecule has 0 aliphatic carbocycles. The van der Waals surface area contributed by atoms with Gasteiger partial charge in [-0.2, -0.15) is 0 Å². The van der Waals surface area contributed by atoms with Crippen LogP contribution in [0.1, 0.15) is 33.3 Å². The first kappa shape index (κ1) is 16.9. The standard InChI is InChI=1S/C16H27FN2O/c1-6-19(7-2)16(3,4)14(18)11-12-9-8-10-13(20-5)15(12)17/h8-10,14H,6-7,11,18H2,1-5H3. The van der Waals surface area contributed by atoms with Crippen LogP contribution in [0.2, 0.25) is 0 Å². The molecule has 1 aromatic rings. The lowest BCUT2D eigenvalue weighted by Crippen LogP contribution is -2.56. The summed E-state index contributed by atoms with van der Waals surface area (Å²) in [5, 5.41) is 0. The first-order valence-electron chi connectivity index (χ1n) is 7.20. The Hall–Kier alpha value is -1.13. The number of methoxy groups -OCH3 is 1. The van der Waals surface area contributed by atoms with Gasteiger partial charge in [-0.15, -0.1) is 0 Å². The highest BCUT2D eigenvalue weighted by Crippen LogP contribution is 2.25. The van der Waals surface area contributed by atoms with Crippen LogP contribution in [0.15, 0.2) is 18.2 Å². The predicted octanol–water partition coefficient (Wildman–Crippen LogP) is 2.82. The molecule has 0 saturated heterocycles. The third-order valence-electron chi connectivity index (χ3n) is 4.19. The maximum atomic E-state index is 14.2. The van der Waals surface area contributed by atoms with Gasteiger partial charge in [0.15, 0.2) is 11.6 Å². The molecule has 3 nitrogen and oxygen atoms in total. The lowest BCUT2D eigenvalue weighted by Gasteiger charge is -2.42. The Morgan fingerprint density at radius 2 is 1.90 bits per heavy atom. The van der Waals surface area contributed by atoms with E-state index in [0.29, 0.717) is 12.0 Å². The molecule has 0 spiro atoms. The third kappa shape index (κ3) is 3.49. The topological polar surface area (TPSA) is 38.5 Å². The molecule has 0 saturated carbocycles. The molecule has 0 heterocycles. The van der Waals surface area contributed by atoms with E-state index in [-0.39, 0.29) is 23.1 Å². The molecule has 20 heavy (non-hydrogen) atoms. The van der Waals surface area contributed by atoms with Crippen molar-refractivity contribution in [1.82, 2.24) is 4.90 Å². The highest BCUT2D eigenvalue weighted by Gasteiger charge is 2.32. The zero-order valence-electron chi connectivity index (χ0n) is 13.2. The monoisotopic (exact) mass is 282 g/mol. The predicted molar refractivity (Wildman–Crippen MR) is 81.6 cm³/mol. The van der Waals surface area contributed by atoms with E-state index in [2.05, 4.69) is 32.6 Å². The van der Waals surface area contributed by atoms with Crippen molar-refractivity contribution < 1.29 is 9.13 Å². The zero-order valence-corrected chi connectivity index (χ0v) is 13.2. The summed E-state index contributed by atoms with van der Waals surface area (Å²) in [4.78, 5) is 2.30. The van der Waals surface area contributed by atoms with Crippen LogP contribution in [0.3, 0.4) is 0 Å². The van der Waals surface area contributed by atoms with Gasteiger partial charge in [0.2, 0.25) is 0 Å². The third-order valence-corrected chi connectivity index (χ3v) is 4.19. The van der Waals surface area contributed by atoms with Crippen molar-refractivity contribution in [3.8, 4) is 5.75 Å². The van der Waals surface area contributed by atoms with Gasteiger partial charge < -0.3 is 10.5 Å². The second kappa shape index (κ2) is 7.04. The summed E-state index contributed by atoms with van der Waals surface area (Å²) in [6.07, 6.45) is 0.493. The maximum absolute atomic E-state index is 14.2. The Bertz CT molecular complexity index is 430. The van der Waals surface area contributed by atoms with Crippen LogP contribution in [-0.4, -0.2) is 36.7 Å². The molecule has 2 N–H and O–H groups in total. The van der Waals surface area contributed by atoms with Crippen LogP contribution < -0.4 is 10.5 Å². The Labute approximate surface area is 121 Å². The molecular formula is C16H27FN2O. The van der Waals surface area contributed by atoms with E-state index in [0.717, 1.165) is 13.1 Å². The summed E-state index contributed by atoms with van der Waals surface area (Å²) in [6, 6.07) is 5.05. The molecule has 1 aromatic carbocycles. The number of hydrogen-bond donors (Lipinski definition) is 1. The second-order valence-electron chi connectivity index (χ2n) is 5.57. The highest BCUT2D eigenvalue weighted by molar-refractivity contribution is 5.31. The number of rotatable bonds is 7. The molecule has 0 aromatic heterocycles. The van der Waals surface area contributed by atoms with Crippen molar-refractivity contribution in [3.05, 3.63) is 29.6 Å². The van der Waals surface area contributed by atoms with Crippen molar-refractivity contribution in [2.75, 3.05) is 20.2 Å². The lowest BCUT2D eigenvalue weighted by molar-refractivity contribution is 0.106. The van der Waals surface area contributed by atoms with Gasteiger partial charge in [0, 0.05) is 11.6 Å². The number of likely N-dealkylation sites (N-methyl/N-ethyl adjacent to an activating group) is 1. The number of ether oxygens (including phenoxy) is 1. The van der Waals surface area contributed by atoms with Gasteiger partial charge in [-0.05, 0) is 45.0 Å².